The van der Waals surface area contributed by atoms with E-state index in [9.17, 15) is 0 Å². The number of aryl methyl sites for hydroxylation is 1. The lowest BCUT2D eigenvalue weighted by atomic mass is 10.2. The first-order chi connectivity index (χ1) is 10.1. The summed E-state index contributed by atoms with van der Waals surface area (Å²) in [7, 11) is 3.90. The van der Waals surface area contributed by atoms with Crippen LogP contribution in [0, 0.1) is 6.92 Å². The van der Waals surface area contributed by atoms with E-state index >= 15 is 0 Å². The van der Waals surface area contributed by atoms with Gasteiger partial charge in [0.25, 0.3) is 0 Å². The van der Waals surface area contributed by atoms with Gasteiger partial charge in [0.05, 0.1) is 6.04 Å². The molecule has 1 aliphatic rings. The minimum atomic E-state index is 0.382. The Morgan fingerprint density at radius 3 is 2.62 bits per heavy atom. The second kappa shape index (κ2) is 5.81. The Morgan fingerprint density at radius 1 is 1.24 bits per heavy atom. The number of imidazole rings is 1. The summed E-state index contributed by atoms with van der Waals surface area (Å²) in [6, 6.07) is 0.382. The molecular weight excluding hydrogens is 264 g/mol. The maximum absolute atomic E-state index is 4.49. The third-order valence-corrected chi connectivity index (χ3v) is 3.88. The van der Waals surface area contributed by atoms with Crippen LogP contribution in [0.4, 0.5) is 5.95 Å². The molecule has 3 rings (SSSR count). The molecule has 1 atom stereocenters. The molecule has 112 valence electrons. The van der Waals surface area contributed by atoms with Crippen molar-refractivity contribution >= 4 is 5.95 Å². The van der Waals surface area contributed by atoms with Crippen molar-refractivity contribution in [2.24, 2.45) is 0 Å². The first-order valence-electron chi connectivity index (χ1n) is 7.37. The highest BCUT2D eigenvalue weighted by Crippen LogP contribution is 2.31. The Labute approximate surface area is 125 Å². The molecule has 2 aromatic heterocycles. The lowest BCUT2D eigenvalue weighted by Crippen LogP contribution is -2.24. The van der Waals surface area contributed by atoms with Gasteiger partial charge in [0.15, 0.2) is 0 Å². The summed E-state index contributed by atoms with van der Waals surface area (Å²) < 4.78 is 0. The zero-order valence-electron chi connectivity index (χ0n) is 12.9. The highest BCUT2D eigenvalue weighted by molar-refractivity contribution is 5.26. The Hall–Kier alpha value is -1.95. The van der Waals surface area contributed by atoms with Gasteiger partial charge in [-0.05, 0) is 26.3 Å². The van der Waals surface area contributed by atoms with Crippen LogP contribution in [0.1, 0.15) is 36.0 Å². The molecule has 3 heterocycles. The normalized spacial score (nSPS) is 19.1. The zero-order chi connectivity index (χ0) is 14.8. The van der Waals surface area contributed by atoms with Crippen molar-refractivity contribution in [3.8, 4) is 0 Å². The summed E-state index contributed by atoms with van der Waals surface area (Å²) >= 11 is 0. The van der Waals surface area contributed by atoms with Crippen molar-refractivity contribution in [1.82, 2.24) is 24.8 Å². The molecule has 0 spiro atoms. The van der Waals surface area contributed by atoms with Gasteiger partial charge in [-0.1, -0.05) is 0 Å². The fourth-order valence-electron chi connectivity index (χ4n) is 2.82. The molecular formula is C15H22N6. The van der Waals surface area contributed by atoms with Gasteiger partial charge in [0, 0.05) is 50.5 Å². The predicted octanol–water partition coefficient (Wildman–Crippen LogP) is 1.91. The van der Waals surface area contributed by atoms with Gasteiger partial charge >= 0.3 is 0 Å². The van der Waals surface area contributed by atoms with Gasteiger partial charge < -0.3 is 9.88 Å². The van der Waals surface area contributed by atoms with Gasteiger partial charge in [0.2, 0.25) is 5.95 Å². The van der Waals surface area contributed by atoms with E-state index in [4.69, 9.17) is 0 Å². The molecule has 0 bridgehead atoms. The maximum Gasteiger partial charge on any atom is 0.224 e. The first-order valence-corrected chi connectivity index (χ1v) is 7.37. The van der Waals surface area contributed by atoms with Crippen molar-refractivity contribution in [2.75, 3.05) is 25.5 Å². The SMILES string of the molecule is Cc1cnc([C@@H]2CCCN2Cc2cnc(N(C)C)nc2)[nH]1. The summed E-state index contributed by atoms with van der Waals surface area (Å²) in [6.07, 6.45) is 8.11. The van der Waals surface area contributed by atoms with Crippen LogP contribution < -0.4 is 4.90 Å². The molecule has 1 saturated heterocycles. The third-order valence-electron chi connectivity index (χ3n) is 3.88. The van der Waals surface area contributed by atoms with Crippen LogP contribution in [-0.2, 0) is 6.54 Å². The molecule has 1 N–H and O–H groups in total. The van der Waals surface area contributed by atoms with Crippen LogP contribution >= 0.6 is 0 Å². The standard InChI is InChI=1S/C15H22N6/c1-11-7-16-14(19-11)13-5-4-6-21(13)10-12-8-17-15(18-9-12)20(2)3/h7-9,13H,4-6,10H2,1-3H3,(H,16,19)/t13-/m0/s1. The summed E-state index contributed by atoms with van der Waals surface area (Å²) in [5, 5.41) is 0. The smallest absolute Gasteiger partial charge is 0.224 e. The third kappa shape index (κ3) is 3.05. The number of anilines is 1. The molecule has 21 heavy (non-hydrogen) atoms. The Morgan fingerprint density at radius 2 is 2.00 bits per heavy atom. The van der Waals surface area contributed by atoms with Crippen molar-refractivity contribution in [2.45, 2.75) is 32.4 Å². The second-order valence-electron chi connectivity index (χ2n) is 5.87. The maximum atomic E-state index is 4.49. The Kier molecular flexibility index (Phi) is 3.88. The van der Waals surface area contributed by atoms with E-state index in [0.717, 1.165) is 42.5 Å². The topological polar surface area (TPSA) is 60.9 Å². The van der Waals surface area contributed by atoms with Crippen molar-refractivity contribution in [3.63, 3.8) is 0 Å². The van der Waals surface area contributed by atoms with Crippen molar-refractivity contribution in [1.29, 1.82) is 0 Å². The predicted molar refractivity (Wildman–Crippen MR) is 82.1 cm³/mol. The fraction of sp³-hybridized carbons (Fsp3) is 0.533. The quantitative estimate of drug-likeness (QED) is 0.930. The lowest BCUT2D eigenvalue weighted by molar-refractivity contribution is 0.240. The van der Waals surface area contributed by atoms with E-state index in [1.54, 1.807) is 0 Å². The van der Waals surface area contributed by atoms with Gasteiger partial charge in [-0.25, -0.2) is 15.0 Å². The molecule has 0 saturated carbocycles. The minimum Gasteiger partial charge on any atom is -0.347 e. The Balaban J connectivity index is 1.71. The number of nitrogens with one attached hydrogen (secondary N) is 1. The van der Waals surface area contributed by atoms with Crippen LogP contribution in [0.3, 0.4) is 0 Å². The van der Waals surface area contributed by atoms with E-state index < -0.39 is 0 Å². The number of nitrogens with zero attached hydrogens (tertiary/aromatic N) is 5. The molecule has 6 heteroatoms. The molecule has 0 aliphatic carbocycles. The van der Waals surface area contributed by atoms with Crippen LogP contribution in [0.5, 0.6) is 0 Å². The molecule has 2 aromatic rings. The van der Waals surface area contributed by atoms with E-state index in [1.165, 1.54) is 6.42 Å². The van der Waals surface area contributed by atoms with Gasteiger partial charge in [0.1, 0.15) is 5.82 Å². The molecule has 0 unspecified atom stereocenters. The molecule has 1 fully saturated rings. The van der Waals surface area contributed by atoms with Crippen LogP contribution in [0.2, 0.25) is 0 Å². The number of rotatable bonds is 4. The largest absolute Gasteiger partial charge is 0.347 e. The van der Waals surface area contributed by atoms with E-state index in [1.807, 2.05) is 44.5 Å². The minimum absolute atomic E-state index is 0.382. The van der Waals surface area contributed by atoms with E-state index in [-0.39, 0.29) is 0 Å². The zero-order valence-corrected chi connectivity index (χ0v) is 12.9. The van der Waals surface area contributed by atoms with Crippen LogP contribution in [-0.4, -0.2) is 45.5 Å². The van der Waals surface area contributed by atoms with E-state index in [2.05, 4.69) is 24.8 Å². The Bertz CT molecular complexity index is 588. The molecule has 0 amide bonds. The first kappa shape index (κ1) is 14.0. The number of hydrogen-bond acceptors (Lipinski definition) is 5. The molecule has 6 nitrogen and oxygen atoms in total. The lowest BCUT2D eigenvalue weighted by Gasteiger charge is -2.22. The number of aromatic nitrogens is 4. The van der Waals surface area contributed by atoms with Crippen LogP contribution in [0.25, 0.3) is 0 Å². The molecule has 0 aromatic carbocycles. The van der Waals surface area contributed by atoms with Crippen molar-refractivity contribution < 1.29 is 0 Å². The molecule has 1 aliphatic heterocycles. The summed E-state index contributed by atoms with van der Waals surface area (Å²) in [5.41, 5.74) is 2.27. The second-order valence-corrected chi connectivity index (χ2v) is 5.87. The monoisotopic (exact) mass is 286 g/mol. The number of H-pyrrole nitrogens is 1. The number of likely N-dealkylation sites (tertiary alicyclic amines) is 1. The fourth-order valence-corrected chi connectivity index (χ4v) is 2.82. The highest BCUT2D eigenvalue weighted by atomic mass is 15.2. The van der Waals surface area contributed by atoms with Gasteiger partial charge in [-0.2, -0.15) is 0 Å². The average molecular weight is 286 g/mol. The van der Waals surface area contributed by atoms with Gasteiger partial charge in [-0.15, -0.1) is 0 Å². The summed E-state index contributed by atoms with van der Waals surface area (Å²) in [6.45, 7) is 4.02. The summed E-state index contributed by atoms with van der Waals surface area (Å²) in [5.74, 6) is 1.83. The van der Waals surface area contributed by atoms with E-state index in [0.29, 0.717) is 6.04 Å². The number of aromatic amines is 1. The van der Waals surface area contributed by atoms with Crippen LogP contribution in [0.15, 0.2) is 18.6 Å². The summed E-state index contributed by atoms with van der Waals surface area (Å²) in [4.78, 5) is 21.0. The van der Waals surface area contributed by atoms with Crippen molar-refractivity contribution in [3.05, 3.63) is 35.7 Å². The van der Waals surface area contributed by atoms with Gasteiger partial charge in [-0.3, -0.25) is 4.90 Å². The highest BCUT2D eigenvalue weighted by Gasteiger charge is 2.28. The molecule has 0 radical (unpaired) electrons. The average Bonchev–Trinajstić information content (AvgIpc) is 3.08. The number of hydrogen-bond donors (Lipinski definition) is 1.